The van der Waals surface area contributed by atoms with E-state index in [4.69, 9.17) is 0 Å². The molecule has 0 aromatic heterocycles. The van der Waals surface area contributed by atoms with Gasteiger partial charge in [0.1, 0.15) is 10.7 Å². The second-order valence-electron chi connectivity index (χ2n) is 6.26. The number of benzene rings is 1. The third kappa shape index (κ3) is 3.12. The molecular weight excluding hydrogens is 319 g/mol. The number of piperidine rings is 1. The van der Waals surface area contributed by atoms with Crippen LogP contribution in [-0.4, -0.2) is 49.2 Å². The van der Waals surface area contributed by atoms with Gasteiger partial charge in [-0.25, -0.2) is 12.8 Å². The van der Waals surface area contributed by atoms with Crippen LogP contribution in [0, 0.1) is 12.7 Å². The van der Waals surface area contributed by atoms with Crippen molar-refractivity contribution in [2.75, 3.05) is 19.6 Å². The highest BCUT2D eigenvalue weighted by Crippen LogP contribution is 2.27. The minimum Gasteiger partial charge on any atom is -0.340 e. The monoisotopic (exact) mass is 340 g/mol. The largest absolute Gasteiger partial charge is 0.340 e. The van der Waals surface area contributed by atoms with E-state index in [2.05, 4.69) is 0 Å². The van der Waals surface area contributed by atoms with E-state index in [-0.39, 0.29) is 16.8 Å². The topological polar surface area (TPSA) is 57.7 Å². The molecular formula is C16H21FN2O3S. The summed E-state index contributed by atoms with van der Waals surface area (Å²) in [5, 5.41) is 0. The predicted octanol–water partition coefficient (Wildman–Crippen LogP) is 1.91. The Kier molecular flexibility index (Phi) is 4.42. The zero-order valence-electron chi connectivity index (χ0n) is 13.2. The van der Waals surface area contributed by atoms with E-state index in [9.17, 15) is 17.6 Å². The Morgan fingerprint density at radius 2 is 1.87 bits per heavy atom. The van der Waals surface area contributed by atoms with Crippen molar-refractivity contribution in [1.82, 2.24) is 9.21 Å². The summed E-state index contributed by atoms with van der Waals surface area (Å²) < 4.78 is 40.6. The first-order valence-corrected chi connectivity index (χ1v) is 9.39. The molecule has 1 amide bonds. The minimum absolute atomic E-state index is 0.110. The summed E-state index contributed by atoms with van der Waals surface area (Å²) in [6, 6.07) is 4.23. The molecule has 0 unspecified atom stereocenters. The van der Waals surface area contributed by atoms with E-state index in [0.717, 1.165) is 13.0 Å². The van der Waals surface area contributed by atoms with E-state index in [1.54, 1.807) is 13.0 Å². The number of sulfonamides is 1. The second-order valence-corrected chi connectivity index (χ2v) is 8.17. The molecule has 0 N–H and O–H groups in total. The number of likely N-dealkylation sites (tertiary alicyclic amines) is 1. The van der Waals surface area contributed by atoms with Crippen LogP contribution in [0.4, 0.5) is 4.39 Å². The van der Waals surface area contributed by atoms with Crippen LogP contribution in [-0.2, 0) is 14.8 Å². The SMILES string of the molecule is Cc1ccc(F)c(S(=O)(=O)N2CCC(N3CCCC3=O)CC2)c1. The van der Waals surface area contributed by atoms with Gasteiger partial charge in [-0.15, -0.1) is 0 Å². The molecule has 1 aromatic rings. The van der Waals surface area contributed by atoms with Crippen LogP contribution >= 0.6 is 0 Å². The van der Waals surface area contributed by atoms with Crippen molar-refractivity contribution in [3.63, 3.8) is 0 Å². The molecule has 2 heterocycles. The number of nitrogens with zero attached hydrogens (tertiary/aromatic N) is 2. The molecule has 2 fully saturated rings. The maximum absolute atomic E-state index is 13.9. The Hall–Kier alpha value is -1.47. The highest BCUT2D eigenvalue weighted by molar-refractivity contribution is 7.89. The van der Waals surface area contributed by atoms with Crippen molar-refractivity contribution in [1.29, 1.82) is 0 Å². The number of carbonyl (C=O) groups is 1. The number of aryl methyl sites for hydroxylation is 1. The van der Waals surface area contributed by atoms with Gasteiger partial charge >= 0.3 is 0 Å². The van der Waals surface area contributed by atoms with Crippen molar-refractivity contribution >= 4 is 15.9 Å². The maximum atomic E-state index is 13.9. The van der Waals surface area contributed by atoms with Crippen molar-refractivity contribution in [3.8, 4) is 0 Å². The molecule has 0 radical (unpaired) electrons. The number of hydrogen-bond acceptors (Lipinski definition) is 3. The molecule has 2 saturated heterocycles. The van der Waals surface area contributed by atoms with Gasteiger partial charge in [0.05, 0.1) is 0 Å². The summed E-state index contributed by atoms with van der Waals surface area (Å²) in [6.07, 6.45) is 2.69. The summed E-state index contributed by atoms with van der Waals surface area (Å²) in [7, 11) is -3.82. The Bertz CT molecular complexity index is 712. The molecule has 1 aromatic carbocycles. The van der Waals surface area contributed by atoms with E-state index < -0.39 is 15.8 Å². The number of carbonyl (C=O) groups excluding carboxylic acids is 1. The zero-order valence-corrected chi connectivity index (χ0v) is 14.0. The Labute approximate surface area is 136 Å². The smallest absolute Gasteiger partial charge is 0.245 e. The standard InChI is InChI=1S/C16H21FN2O3S/c1-12-4-5-14(17)15(11-12)23(21,22)18-9-6-13(7-10-18)19-8-2-3-16(19)20/h4-5,11,13H,2-3,6-10H2,1H3. The maximum Gasteiger partial charge on any atom is 0.245 e. The molecule has 2 aliphatic rings. The normalized spacial score (nSPS) is 21.1. The molecule has 7 heteroatoms. The quantitative estimate of drug-likeness (QED) is 0.844. The van der Waals surface area contributed by atoms with Gasteiger partial charge in [0.15, 0.2) is 0 Å². The third-order valence-corrected chi connectivity index (χ3v) is 6.59. The summed E-state index contributed by atoms with van der Waals surface area (Å²) >= 11 is 0. The fraction of sp³-hybridized carbons (Fsp3) is 0.562. The summed E-state index contributed by atoms with van der Waals surface area (Å²) in [5.41, 5.74) is 0.711. The Morgan fingerprint density at radius 1 is 1.17 bits per heavy atom. The van der Waals surface area contributed by atoms with Crippen molar-refractivity contribution < 1.29 is 17.6 Å². The van der Waals surface area contributed by atoms with Crippen LogP contribution in [0.15, 0.2) is 23.1 Å². The molecule has 5 nitrogen and oxygen atoms in total. The van der Waals surface area contributed by atoms with Crippen LogP contribution in [0.2, 0.25) is 0 Å². The van der Waals surface area contributed by atoms with Crippen LogP contribution in [0.1, 0.15) is 31.2 Å². The summed E-state index contributed by atoms with van der Waals surface area (Å²) in [6.45, 7) is 3.15. The van der Waals surface area contributed by atoms with Gasteiger partial charge in [-0.1, -0.05) is 6.07 Å². The fourth-order valence-corrected chi connectivity index (χ4v) is 5.02. The zero-order chi connectivity index (χ0) is 16.6. The van der Waals surface area contributed by atoms with Crippen molar-refractivity contribution in [2.24, 2.45) is 0 Å². The molecule has 126 valence electrons. The van der Waals surface area contributed by atoms with Gasteiger partial charge in [-0.05, 0) is 43.9 Å². The van der Waals surface area contributed by atoms with Gasteiger partial charge < -0.3 is 4.90 Å². The minimum atomic E-state index is -3.82. The van der Waals surface area contributed by atoms with Gasteiger partial charge in [-0.3, -0.25) is 4.79 Å². The van der Waals surface area contributed by atoms with Gasteiger partial charge in [0.2, 0.25) is 15.9 Å². The molecule has 3 rings (SSSR count). The lowest BCUT2D eigenvalue weighted by atomic mass is 10.1. The summed E-state index contributed by atoms with van der Waals surface area (Å²) in [5.74, 6) is -0.552. The molecule has 23 heavy (non-hydrogen) atoms. The Balaban J connectivity index is 1.73. The molecule has 0 atom stereocenters. The highest BCUT2D eigenvalue weighted by atomic mass is 32.2. The molecule has 0 bridgehead atoms. The van der Waals surface area contributed by atoms with E-state index in [1.807, 2.05) is 4.90 Å². The number of amides is 1. The first-order chi connectivity index (χ1) is 10.9. The van der Waals surface area contributed by atoms with Gasteiger partial charge in [0.25, 0.3) is 0 Å². The van der Waals surface area contributed by atoms with Gasteiger partial charge in [0, 0.05) is 32.1 Å². The summed E-state index contributed by atoms with van der Waals surface area (Å²) in [4.78, 5) is 13.4. The van der Waals surface area contributed by atoms with E-state index >= 15 is 0 Å². The van der Waals surface area contributed by atoms with Crippen molar-refractivity contribution in [2.45, 2.75) is 43.5 Å². The lowest BCUT2D eigenvalue weighted by Crippen LogP contribution is -2.47. The average molecular weight is 340 g/mol. The average Bonchev–Trinajstić information content (AvgIpc) is 2.96. The van der Waals surface area contributed by atoms with Crippen molar-refractivity contribution in [3.05, 3.63) is 29.6 Å². The fourth-order valence-electron chi connectivity index (χ4n) is 3.40. The molecule has 0 saturated carbocycles. The Morgan fingerprint density at radius 3 is 2.48 bits per heavy atom. The lowest BCUT2D eigenvalue weighted by molar-refractivity contribution is -0.130. The molecule has 0 aliphatic carbocycles. The van der Waals surface area contributed by atoms with Gasteiger partial charge in [-0.2, -0.15) is 4.31 Å². The number of hydrogen-bond donors (Lipinski definition) is 0. The highest BCUT2D eigenvalue weighted by Gasteiger charge is 2.35. The first-order valence-electron chi connectivity index (χ1n) is 7.95. The van der Waals surface area contributed by atoms with E-state index in [1.165, 1.54) is 16.4 Å². The number of halogens is 1. The van der Waals surface area contributed by atoms with E-state index in [0.29, 0.717) is 37.9 Å². The second kappa shape index (κ2) is 6.20. The third-order valence-electron chi connectivity index (χ3n) is 4.68. The van der Waals surface area contributed by atoms with Crippen LogP contribution < -0.4 is 0 Å². The molecule has 2 aliphatic heterocycles. The molecule has 0 spiro atoms. The predicted molar refractivity (Wildman–Crippen MR) is 83.9 cm³/mol. The van der Waals surface area contributed by atoms with Crippen LogP contribution in [0.3, 0.4) is 0 Å². The first kappa shape index (κ1) is 16.4. The lowest BCUT2D eigenvalue weighted by Gasteiger charge is -2.36. The van der Waals surface area contributed by atoms with Crippen LogP contribution in [0.25, 0.3) is 0 Å². The van der Waals surface area contributed by atoms with Crippen LogP contribution in [0.5, 0.6) is 0 Å². The number of rotatable bonds is 3.